The molecule has 1 aromatic rings. The van der Waals surface area contributed by atoms with Crippen LogP contribution in [0.5, 0.6) is 0 Å². The molecule has 0 spiro atoms. The van der Waals surface area contributed by atoms with E-state index in [9.17, 15) is 5.11 Å². The highest BCUT2D eigenvalue weighted by Gasteiger charge is 2.32. The standard InChI is InChI=1S/C32H50O4/c1-5-6-7-9-26-12-14-28(15-13-26)29-16-18-30(19-17-29)31-22-35-32(36-23-31)11-8-10-27(20-33)21-34-25(4)24(2)3/h12-15,27,29-33H,2,4-11,16-23H2,1,3H3. The van der Waals surface area contributed by atoms with E-state index in [4.69, 9.17) is 14.2 Å². The minimum Gasteiger partial charge on any atom is -0.494 e. The zero-order chi connectivity index (χ0) is 25.8. The van der Waals surface area contributed by atoms with Gasteiger partial charge >= 0.3 is 0 Å². The zero-order valence-corrected chi connectivity index (χ0v) is 22.9. The highest BCUT2D eigenvalue weighted by molar-refractivity contribution is 5.26. The zero-order valence-electron chi connectivity index (χ0n) is 22.9. The Morgan fingerprint density at radius 3 is 2.31 bits per heavy atom. The fourth-order valence-electron chi connectivity index (χ4n) is 5.60. The molecule has 1 saturated heterocycles. The molecule has 0 amide bonds. The van der Waals surface area contributed by atoms with E-state index in [-0.39, 0.29) is 18.8 Å². The Balaban J connectivity index is 1.30. The lowest BCUT2D eigenvalue weighted by Gasteiger charge is -2.38. The van der Waals surface area contributed by atoms with Crippen molar-refractivity contribution in [2.24, 2.45) is 17.8 Å². The topological polar surface area (TPSA) is 47.9 Å². The van der Waals surface area contributed by atoms with Crippen molar-refractivity contribution in [3.63, 3.8) is 0 Å². The number of aryl methyl sites for hydroxylation is 1. The lowest BCUT2D eigenvalue weighted by Crippen LogP contribution is -2.37. The van der Waals surface area contributed by atoms with Crippen LogP contribution in [0.1, 0.15) is 95.1 Å². The first-order chi connectivity index (χ1) is 17.5. The number of aliphatic hydroxyl groups excluding tert-OH is 1. The summed E-state index contributed by atoms with van der Waals surface area (Å²) in [5.41, 5.74) is 3.84. The van der Waals surface area contributed by atoms with Crippen LogP contribution in [0.15, 0.2) is 48.8 Å². The van der Waals surface area contributed by atoms with Crippen molar-refractivity contribution in [3.05, 3.63) is 59.9 Å². The monoisotopic (exact) mass is 498 g/mol. The quantitative estimate of drug-likeness (QED) is 0.154. The molecule has 2 fully saturated rings. The Hall–Kier alpha value is -1.62. The van der Waals surface area contributed by atoms with Gasteiger partial charge in [-0.05, 0) is 93.2 Å². The van der Waals surface area contributed by atoms with Crippen molar-refractivity contribution in [3.8, 4) is 0 Å². The van der Waals surface area contributed by atoms with Crippen molar-refractivity contribution in [1.82, 2.24) is 0 Å². The van der Waals surface area contributed by atoms with E-state index in [1.165, 1.54) is 62.5 Å². The van der Waals surface area contributed by atoms with E-state index in [0.29, 0.717) is 30.1 Å². The minimum absolute atomic E-state index is 0.102. The van der Waals surface area contributed by atoms with Gasteiger partial charge in [-0.2, -0.15) is 0 Å². The summed E-state index contributed by atoms with van der Waals surface area (Å²) >= 11 is 0. The molecular weight excluding hydrogens is 448 g/mol. The van der Waals surface area contributed by atoms with Crippen molar-refractivity contribution < 1.29 is 19.3 Å². The van der Waals surface area contributed by atoms with Crippen molar-refractivity contribution in [2.75, 3.05) is 26.4 Å². The molecule has 2 aliphatic rings. The van der Waals surface area contributed by atoms with Gasteiger partial charge in [-0.25, -0.2) is 0 Å². The van der Waals surface area contributed by atoms with Crippen LogP contribution in [0.2, 0.25) is 0 Å². The fourth-order valence-corrected chi connectivity index (χ4v) is 5.60. The SMILES string of the molecule is C=C(C)C(=C)OCC(CO)CCCC1OCC(C2CCC(c3ccc(CCCCC)cc3)CC2)CO1. The van der Waals surface area contributed by atoms with E-state index in [0.717, 1.165) is 38.0 Å². The maximum atomic E-state index is 9.64. The van der Waals surface area contributed by atoms with Gasteiger partial charge < -0.3 is 19.3 Å². The summed E-state index contributed by atoms with van der Waals surface area (Å²) in [6.45, 7) is 14.0. The maximum absolute atomic E-state index is 9.64. The van der Waals surface area contributed by atoms with Crippen molar-refractivity contribution >= 4 is 0 Å². The summed E-state index contributed by atoms with van der Waals surface area (Å²) in [6, 6.07) is 9.48. The largest absolute Gasteiger partial charge is 0.494 e. The predicted molar refractivity (Wildman–Crippen MR) is 148 cm³/mol. The Bertz CT molecular complexity index is 770. The summed E-state index contributed by atoms with van der Waals surface area (Å²) in [7, 11) is 0. The first kappa shape index (κ1) is 28.9. The third-order valence-corrected chi connectivity index (χ3v) is 8.23. The maximum Gasteiger partial charge on any atom is 0.157 e. The van der Waals surface area contributed by atoms with Crippen LogP contribution in [0.25, 0.3) is 0 Å². The van der Waals surface area contributed by atoms with Crippen LogP contribution in [-0.2, 0) is 20.6 Å². The molecule has 0 radical (unpaired) electrons. The number of ether oxygens (including phenoxy) is 3. The van der Waals surface area contributed by atoms with Crippen LogP contribution in [0.4, 0.5) is 0 Å². The number of allylic oxidation sites excluding steroid dienone is 1. The molecule has 1 aliphatic heterocycles. The molecule has 1 unspecified atom stereocenters. The second-order valence-electron chi connectivity index (χ2n) is 11.2. The Labute approximate surface area is 220 Å². The summed E-state index contributed by atoms with van der Waals surface area (Å²) in [6.07, 6.45) is 12.8. The number of hydrogen-bond donors (Lipinski definition) is 1. The van der Waals surface area contributed by atoms with Gasteiger partial charge in [-0.3, -0.25) is 0 Å². The molecule has 4 heteroatoms. The van der Waals surface area contributed by atoms with Gasteiger partial charge in [0.2, 0.25) is 0 Å². The van der Waals surface area contributed by atoms with Crippen LogP contribution in [0.3, 0.4) is 0 Å². The number of hydrogen-bond acceptors (Lipinski definition) is 4. The third kappa shape index (κ3) is 9.36. The highest BCUT2D eigenvalue weighted by Crippen LogP contribution is 2.40. The van der Waals surface area contributed by atoms with Gasteiger partial charge in [-0.15, -0.1) is 0 Å². The molecule has 0 aromatic heterocycles. The molecule has 36 heavy (non-hydrogen) atoms. The van der Waals surface area contributed by atoms with E-state index in [1.54, 1.807) is 0 Å². The van der Waals surface area contributed by atoms with Crippen LogP contribution in [0, 0.1) is 17.8 Å². The summed E-state index contributed by atoms with van der Waals surface area (Å²) in [5, 5.41) is 9.64. The summed E-state index contributed by atoms with van der Waals surface area (Å²) < 4.78 is 17.8. The Morgan fingerprint density at radius 1 is 1.00 bits per heavy atom. The van der Waals surface area contributed by atoms with Gasteiger partial charge in [0.15, 0.2) is 6.29 Å². The van der Waals surface area contributed by atoms with Crippen molar-refractivity contribution in [2.45, 2.75) is 96.7 Å². The van der Waals surface area contributed by atoms with E-state index in [1.807, 2.05) is 6.92 Å². The number of unbranched alkanes of at least 4 members (excludes halogenated alkanes) is 2. The van der Waals surface area contributed by atoms with Gasteiger partial charge in [0, 0.05) is 18.4 Å². The summed E-state index contributed by atoms with van der Waals surface area (Å²) in [4.78, 5) is 0. The Kier molecular flexibility index (Phi) is 12.5. The van der Waals surface area contributed by atoms with Gasteiger partial charge in [0.25, 0.3) is 0 Å². The normalized spacial score (nSPS) is 25.3. The molecule has 4 nitrogen and oxygen atoms in total. The molecular formula is C32H50O4. The molecule has 0 bridgehead atoms. The molecule has 1 aliphatic carbocycles. The number of aliphatic hydroxyl groups is 1. The lowest BCUT2D eigenvalue weighted by atomic mass is 9.74. The summed E-state index contributed by atoms with van der Waals surface area (Å²) in [5.74, 6) is 2.65. The molecule has 1 saturated carbocycles. The second kappa shape index (κ2) is 15.6. The molecule has 1 N–H and O–H groups in total. The number of benzene rings is 1. The number of rotatable bonds is 15. The molecule has 1 heterocycles. The molecule has 1 atom stereocenters. The fraction of sp³-hybridized carbons (Fsp3) is 0.688. The molecule has 1 aromatic carbocycles. The average molecular weight is 499 g/mol. The minimum atomic E-state index is -0.112. The van der Waals surface area contributed by atoms with Crippen LogP contribution < -0.4 is 0 Å². The predicted octanol–water partition coefficient (Wildman–Crippen LogP) is 7.57. The van der Waals surface area contributed by atoms with Gasteiger partial charge in [0.1, 0.15) is 5.76 Å². The van der Waals surface area contributed by atoms with Gasteiger partial charge in [0.05, 0.1) is 19.8 Å². The third-order valence-electron chi connectivity index (χ3n) is 8.23. The van der Waals surface area contributed by atoms with Crippen LogP contribution >= 0.6 is 0 Å². The lowest BCUT2D eigenvalue weighted by molar-refractivity contribution is -0.212. The Morgan fingerprint density at radius 2 is 1.69 bits per heavy atom. The van der Waals surface area contributed by atoms with Crippen molar-refractivity contribution in [1.29, 1.82) is 0 Å². The van der Waals surface area contributed by atoms with E-state index >= 15 is 0 Å². The average Bonchev–Trinajstić information content (AvgIpc) is 2.91. The molecule has 202 valence electrons. The first-order valence-corrected chi connectivity index (χ1v) is 14.4. The second-order valence-corrected chi connectivity index (χ2v) is 11.2. The smallest absolute Gasteiger partial charge is 0.157 e. The molecule has 3 rings (SSSR count). The highest BCUT2D eigenvalue weighted by atomic mass is 16.7. The van der Waals surface area contributed by atoms with E-state index in [2.05, 4.69) is 44.3 Å². The first-order valence-electron chi connectivity index (χ1n) is 14.4. The van der Waals surface area contributed by atoms with E-state index < -0.39 is 0 Å². The van der Waals surface area contributed by atoms with Crippen LogP contribution in [-0.4, -0.2) is 37.8 Å². The van der Waals surface area contributed by atoms with Gasteiger partial charge in [-0.1, -0.05) is 57.2 Å².